The molecule has 0 aliphatic carbocycles. The Morgan fingerprint density at radius 3 is 2.37 bits per heavy atom. The molecule has 19 heavy (non-hydrogen) atoms. The highest BCUT2D eigenvalue weighted by Gasteiger charge is 2.17. The number of carbonyl (C=O) groups is 2. The predicted octanol–water partition coefficient (Wildman–Crippen LogP) is 0.551. The van der Waals surface area contributed by atoms with Gasteiger partial charge in [-0.2, -0.15) is 0 Å². The first kappa shape index (κ1) is 15.2. The van der Waals surface area contributed by atoms with Crippen LogP contribution in [0.2, 0.25) is 0 Å². The topological polar surface area (TPSA) is 78.4 Å². The number of rotatable bonds is 6. The van der Waals surface area contributed by atoms with Crippen LogP contribution in [0.3, 0.4) is 0 Å². The van der Waals surface area contributed by atoms with Crippen LogP contribution in [-0.2, 0) is 4.79 Å². The molecule has 0 aliphatic rings. The van der Waals surface area contributed by atoms with E-state index in [9.17, 15) is 9.59 Å². The molecule has 0 heterocycles. The number of carbonyl (C=O) groups excluding carboxylic acids is 2. The number of nitrogens with one attached hydrogen (secondary N) is 2. The summed E-state index contributed by atoms with van der Waals surface area (Å²) >= 11 is 0. The van der Waals surface area contributed by atoms with Crippen molar-refractivity contribution >= 4 is 11.8 Å². The van der Waals surface area contributed by atoms with Crippen LogP contribution in [0, 0.1) is 5.41 Å². The Labute approximate surface area is 113 Å². The Bertz CT molecular complexity index is 430. The smallest absolute Gasteiger partial charge is 0.251 e. The van der Waals surface area contributed by atoms with Crippen LogP contribution in [0.4, 0.5) is 0 Å². The van der Waals surface area contributed by atoms with Gasteiger partial charge in [0.05, 0.1) is 6.54 Å². The monoisotopic (exact) mass is 264 g/mol. The van der Waals surface area contributed by atoms with Crippen molar-refractivity contribution in [1.29, 1.82) is 0 Å². The van der Waals surface area contributed by atoms with Gasteiger partial charge in [0.2, 0.25) is 5.91 Å². The van der Waals surface area contributed by atoms with Crippen molar-refractivity contribution in [3.8, 4) is 0 Å². The zero-order chi connectivity index (χ0) is 14.3. The van der Waals surface area contributed by atoms with Crippen molar-refractivity contribution in [2.75, 3.05) is 19.7 Å². The van der Waals surface area contributed by atoms with Crippen molar-refractivity contribution in [2.24, 2.45) is 5.41 Å². The molecule has 1 aromatic rings. The number of amides is 2. The maximum Gasteiger partial charge on any atom is 0.251 e. The molecule has 5 nitrogen and oxygen atoms in total. The fourth-order valence-electron chi connectivity index (χ4n) is 1.31. The van der Waals surface area contributed by atoms with Crippen LogP contribution in [-0.4, -0.2) is 36.6 Å². The second-order valence-electron chi connectivity index (χ2n) is 5.15. The van der Waals surface area contributed by atoms with Crippen LogP contribution >= 0.6 is 0 Å². The Morgan fingerprint density at radius 1 is 1.16 bits per heavy atom. The van der Waals surface area contributed by atoms with E-state index in [-0.39, 0.29) is 30.4 Å². The average Bonchev–Trinajstić information content (AvgIpc) is 2.43. The Morgan fingerprint density at radius 2 is 1.79 bits per heavy atom. The van der Waals surface area contributed by atoms with Crippen LogP contribution in [0.5, 0.6) is 0 Å². The molecular weight excluding hydrogens is 244 g/mol. The quantitative estimate of drug-likeness (QED) is 0.702. The summed E-state index contributed by atoms with van der Waals surface area (Å²) < 4.78 is 0. The van der Waals surface area contributed by atoms with Crippen LogP contribution in [0.15, 0.2) is 30.3 Å². The molecule has 0 spiro atoms. The van der Waals surface area contributed by atoms with Gasteiger partial charge in [-0.25, -0.2) is 0 Å². The van der Waals surface area contributed by atoms with Crippen molar-refractivity contribution in [3.63, 3.8) is 0 Å². The highest BCUT2D eigenvalue weighted by atomic mass is 16.3. The molecular formula is C14H20N2O3. The van der Waals surface area contributed by atoms with Gasteiger partial charge in [0.1, 0.15) is 0 Å². The molecule has 0 bridgehead atoms. The molecule has 1 rings (SSSR count). The number of benzene rings is 1. The van der Waals surface area contributed by atoms with E-state index in [4.69, 9.17) is 5.11 Å². The minimum atomic E-state index is -0.362. The van der Waals surface area contributed by atoms with Gasteiger partial charge < -0.3 is 15.7 Å². The van der Waals surface area contributed by atoms with Crippen molar-refractivity contribution in [3.05, 3.63) is 35.9 Å². The Hall–Kier alpha value is -1.88. The molecule has 2 amide bonds. The lowest BCUT2D eigenvalue weighted by Gasteiger charge is -2.21. The molecule has 0 aromatic heterocycles. The Balaban J connectivity index is 2.33. The fourth-order valence-corrected chi connectivity index (χ4v) is 1.31. The van der Waals surface area contributed by atoms with Gasteiger partial charge in [0.15, 0.2) is 0 Å². The van der Waals surface area contributed by atoms with Gasteiger partial charge in [-0.1, -0.05) is 32.0 Å². The molecule has 0 fully saturated rings. The third-order valence-electron chi connectivity index (χ3n) is 2.64. The summed E-state index contributed by atoms with van der Waals surface area (Å²) in [5.41, 5.74) is 0.157. The van der Waals surface area contributed by atoms with E-state index in [2.05, 4.69) is 10.6 Å². The number of aliphatic hydroxyl groups is 1. The van der Waals surface area contributed by atoms with E-state index in [0.29, 0.717) is 12.1 Å². The third-order valence-corrected chi connectivity index (χ3v) is 2.64. The summed E-state index contributed by atoms with van der Waals surface area (Å²) in [5, 5.41) is 14.3. The van der Waals surface area contributed by atoms with Gasteiger partial charge >= 0.3 is 0 Å². The highest BCUT2D eigenvalue weighted by Crippen LogP contribution is 2.10. The third kappa shape index (κ3) is 5.52. The zero-order valence-electron chi connectivity index (χ0n) is 11.3. The van der Waals surface area contributed by atoms with Gasteiger partial charge in [-0.3, -0.25) is 9.59 Å². The lowest BCUT2D eigenvalue weighted by atomic mass is 9.95. The van der Waals surface area contributed by atoms with E-state index in [1.54, 1.807) is 24.3 Å². The maximum absolute atomic E-state index is 11.7. The lowest BCUT2D eigenvalue weighted by Crippen LogP contribution is -2.41. The summed E-state index contributed by atoms with van der Waals surface area (Å²) in [5.74, 6) is -0.553. The molecule has 0 saturated carbocycles. The maximum atomic E-state index is 11.7. The Kier molecular flexibility index (Phi) is 5.51. The molecule has 0 aliphatic heterocycles. The van der Waals surface area contributed by atoms with Crippen LogP contribution in [0.25, 0.3) is 0 Å². The first-order valence-electron chi connectivity index (χ1n) is 6.15. The molecule has 5 heteroatoms. The first-order valence-corrected chi connectivity index (χ1v) is 6.15. The SMILES string of the molecule is CC(C)(CO)CNC(=O)CNC(=O)c1ccccc1. The van der Waals surface area contributed by atoms with E-state index in [0.717, 1.165) is 0 Å². The number of hydrogen-bond donors (Lipinski definition) is 3. The highest BCUT2D eigenvalue weighted by molar-refractivity contribution is 5.96. The van der Waals surface area contributed by atoms with Gasteiger partial charge in [-0.05, 0) is 12.1 Å². The standard InChI is InChI=1S/C14H20N2O3/c1-14(2,10-17)9-16-12(18)8-15-13(19)11-6-4-3-5-7-11/h3-7,17H,8-10H2,1-2H3,(H,15,19)(H,16,18). The largest absolute Gasteiger partial charge is 0.396 e. The zero-order valence-corrected chi connectivity index (χ0v) is 11.3. The van der Waals surface area contributed by atoms with Gasteiger partial charge in [-0.15, -0.1) is 0 Å². The van der Waals surface area contributed by atoms with E-state index in [1.807, 2.05) is 19.9 Å². The molecule has 0 unspecified atom stereocenters. The molecule has 3 N–H and O–H groups in total. The first-order chi connectivity index (χ1) is 8.94. The number of hydrogen-bond acceptors (Lipinski definition) is 3. The van der Waals surface area contributed by atoms with Crippen molar-refractivity contribution < 1.29 is 14.7 Å². The second kappa shape index (κ2) is 6.89. The summed E-state index contributed by atoms with van der Waals surface area (Å²) in [7, 11) is 0. The molecule has 0 radical (unpaired) electrons. The summed E-state index contributed by atoms with van der Waals surface area (Å²) in [4.78, 5) is 23.2. The molecule has 1 aromatic carbocycles. The van der Waals surface area contributed by atoms with E-state index < -0.39 is 0 Å². The predicted molar refractivity (Wildman–Crippen MR) is 72.7 cm³/mol. The van der Waals surface area contributed by atoms with Gasteiger partial charge in [0.25, 0.3) is 5.91 Å². The van der Waals surface area contributed by atoms with Crippen LogP contribution in [0.1, 0.15) is 24.2 Å². The molecule has 0 saturated heterocycles. The molecule has 0 atom stereocenters. The van der Waals surface area contributed by atoms with Gasteiger partial charge in [0, 0.05) is 24.1 Å². The van der Waals surface area contributed by atoms with Crippen molar-refractivity contribution in [2.45, 2.75) is 13.8 Å². The fraction of sp³-hybridized carbons (Fsp3) is 0.429. The van der Waals surface area contributed by atoms with Crippen molar-refractivity contribution in [1.82, 2.24) is 10.6 Å². The summed E-state index contributed by atoms with van der Waals surface area (Å²) in [6.45, 7) is 3.97. The van der Waals surface area contributed by atoms with Crippen LogP contribution < -0.4 is 10.6 Å². The average molecular weight is 264 g/mol. The number of aliphatic hydroxyl groups excluding tert-OH is 1. The van der Waals surface area contributed by atoms with E-state index in [1.165, 1.54) is 0 Å². The molecule has 104 valence electrons. The normalized spacial score (nSPS) is 10.9. The second-order valence-corrected chi connectivity index (χ2v) is 5.15. The lowest BCUT2D eigenvalue weighted by molar-refractivity contribution is -0.120. The summed E-state index contributed by atoms with van der Waals surface area (Å²) in [6, 6.07) is 8.71. The minimum Gasteiger partial charge on any atom is -0.396 e. The van der Waals surface area contributed by atoms with E-state index >= 15 is 0 Å². The minimum absolute atomic E-state index is 0.0103. The summed E-state index contributed by atoms with van der Waals surface area (Å²) in [6.07, 6.45) is 0.